The van der Waals surface area contributed by atoms with Gasteiger partial charge in [0, 0.05) is 23.9 Å². The lowest BCUT2D eigenvalue weighted by atomic mass is 9.78. The predicted octanol–water partition coefficient (Wildman–Crippen LogP) is 4.09. The minimum atomic E-state index is -4.28. The highest BCUT2D eigenvalue weighted by molar-refractivity contribution is 7.86. The predicted molar refractivity (Wildman–Crippen MR) is 127 cm³/mol. The first-order valence-electron chi connectivity index (χ1n) is 10.2. The van der Waals surface area contributed by atoms with E-state index < -0.39 is 20.2 Å². The average molecular weight is 495 g/mol. The maximum absolute atomic E-state index is 11.4. The Morgan fingerprint density at radius 3 is 1.94 bits per heavy atom. The second-order valence-electron chi connectivity index (χ2n) is 7.91. The smallest absolute Gasteiger partial charge is 0.282 e. The Balaban J connectivity index is 1.52. The largest absolute Gasteiger partial charge is 0.294 e. The standard InChI is InChI=1S/C24H18N2O6S2/c27-33(28,29)17-5-1-15(2-6-17)19-11-13-25-23-21(19)9-10-22-20(12-14-26-24(22)23)16-3-7-18(8-4-16)34(30,31)32/h1-14,21,23H,(H,27,28,29)(H,30,31,32)/t21-,23+/m0/s1. The highest BCUT2D eigenvalue weighted by atomic mass is 32.2. The van der Waals surface area contributed by atoms with Crippen molar-refractivity contribution in [2.24, 2.45) is 10.9 Å². The van der Waals surface area contributed by atoms with Crippen LogP contribution in [-0.2, 0) is 20.2 Å². The molecule has 1 aromatic heterocycles. The van der Waals surface area contributed by atoms with Crippen LogP contribution in [0.1, 0.15) is 22.9 Å². The van der Waals surface area contributed by atoms with Gasteiger partial charge in [-0.05, 0) is 58.7 Å². The van der Waals surface area contributed by atoms with Gasteiger partial charge in [-0.25, -0.2) is 0 Å². The second-order valence-corrected chi connectivity index (χ2v) is 10.7. The molecule has 3 aromatic rings. The molecule has 8 nitrogen and oxygen atoms in total. The van der Waals surface area contributed by atoms with E-state index in [4.69, 9.17) is 0 Å². The van der Waals surface area contributed by atoms with E-state index in [1.54, 1.807) is 36.7 Å². The Hall–Kier alpha value is -3.44. The van der Waals surface area contributed by atoms with Crippen LogP contribution in [0, 0.1) is 5.92 Å². The summed E-state index contributed by atoms with van der Waals surface area (Å²) in [4.78, 5) is 8.87. The molecule has 2 aliphatic rings. The number of rotatable bonds is 4. The average Bonchev–Trinajstić information content (AvgIpc) is 2.82. The van der Waals surface area contributed by atoms with Crippen molar-refractivity contribution in [1.29, 1.82) is 0 Å². The topological polar surface area (TPSA) is 134 Å². The highest BCUT2D eigenvalue weighted by Crippen LogP contribution is 2.45. The van der Waals surface area contributed by atoms with Crippen molar-refractivity contribution in [3.8, 4) is 11.1 Å². The second kappa shape index (κ2) is 8.10. The van der Waals surface area contributed by atoms with Crippen molar-refractivity contribution in [1.82, 2.24) is 4.98 Å². The summed E-state index contributed by atoms with van der Waals surface area (Å²) in [5, 5.41) is 0. The number of hydrogen-bond donors (Lipinski definition) is 2. The number of fused-ring (bicyclic) bond motifs is 3. The van der Waals surface area contributed by atoms with E-state index >= 15 is 0 Å². The Bertz CT molecular complexity index is 1590. The number of nitrogens with zero attached hydrogens (tertiary/aromatic N) is 2. The first-order valence-corrected chi connectivity index (χ1v) is 13.1. The molecule has 0 saturated heterocycles. The minimum Gasteiger partial charge on any atom is -0.282 e. The van der Waals surface area contributed by atoms with Crippen LogP contribution >= 0.6 is 0 Å². The van der Waals surface area contributed by atoms with Crippen LogP contribution in [0.5, 0.6) is 0 Å². The number of allylic oxidation sites excluding steroid dienone is 1. The third-order valence-electron chi connectivity index (χ3n) is 5.92. The van der Waals surface area contributed by atoms with Gasteiger partial charge in [0.25, 0.3) is 20.2 Å². The normalized spacial score (nSPS) is 19.3. The van der Waals surface area contributed by atoms with E-state index in [0.717, 1.165) is 33.5 Å². The summed E-state index contributed by atoms with van der Waals surface area (Å²) in [6, 6.07) is 13.5. The van der Waals surface area contributed by atoms with Gasteiger partial charge in [-0.1, -0.05) is 36.4 Å². The first kappa shape index (κ1) is 22.4. The van der Waals surface area contributed by atoms with Crippen LogP contribution in [0.3, 0.4) is 0 Å². The van der Waals surface area contributed by atoms with Crippen molar-refractivity contribution in [3.05, 3.63) is 89.8 Å². The molecular weight excluding hydrogens is 476 g/mol. The van der Waals surface area contributed by atoms with Gasteiger partial charge in [-0.15, -0.1) is 0 Å². The zero-order valence-corrected chi connectivity index (χ0v) is 19.1. The van der Waals surface area contributed by atoms with Gasteiger partial charge in [0.05, 0.1) is 15.5 Å². The molecule has 2 atom stereocenters. The zero-order valence-electron chi connectivity index (χ0n) is 17.5. The molecule has 0 saturated carbocycles. The van der Waals surface area contributed by atoms with E-state index in [9.17, 15) is 25.9 Å². The van der Waals surface area contributed by atoms with Gasteiger partial charge >= 0.3 is 0 Å². The SMILES string of the molecule is O=S(=O)(O)c1ccc(C2=CC=N[C@H]3c4nccc(-c5ccc(S(=O)(=O)O)cc5)c4C=C[C@@H]23)cc1. The zero-order chi connectivity index (χ0) is 24.1. The summed E-state index contributed by atoms with van der Waals surface area (Å²) < 4.78 is 63.9. The van der Waals surface area contributed by atoms with Crippen LogP contribution in [-0.4, -0.2) is 37.1 Å². The molecule has 0 unspecified atom stereocenters. The van der Waals surface area contributed by atoms with Gasteiger partial charge in [-0.3, -0.25) is 19.1 Å². The molecule has 0 spiro atoms. The molecule has 5 rings (SSSR count). The molecule has 0 radical (unpaired) electrons. The maximum atomic E-state index is 11.4. The summed E-state index contributed by atoms with van der Waals surface area (Å²) in [7, 11) is -8.55. The van der Waals surface area contributed by atoms with Crippen LogP contribution in [0.4, 0.5) is 0 Å². The number of aromatic nitrogens is 1. The molecule has 2 N–H and O–H groups in total. The summed E-state index contributed by atoms with van der Waals surface area (Å²) in [5.74, 6) is -0.126. The number of hydrogen-bond acceptors (Lipinski definition) is 6. The van der Waals surface area contributed by atoms with Crippen molar-refractivity contribution in [3.63, 3.8) is 0 Å². The first-order chi connectivity index (χ1) is 16.1. The molecule has 1 aliphatic carbocycles. The van der Waals surface area contributed by atoms with Crippen molar-refractivity contribution in [2.45, 2.75) is 15.8 Å². The lowest BCUT2D eigenvalue weighted by Crippen LogP contribution is -2.20. The molecule has 0 amide bonds. The van der Waals surface area contributed by atoms with Crippen LogP contribution < -0.4 is 0 Å². The monoisotopic (exact) mass is 494 g/mol. The van der Waals surface area contributed by atoms with Crippen LogP contribution in [0.25, 0.3) is 22.8 Å². The maximum Gasteiger partial charge on any atom is 0.294 e. The molecule has 10 heteroatoms. The highest BCUT2D eigenvalue weighted by Gasteiger charge is 2.33. The number of benzene rings is 2. The third-order valence-corrected chi connectivity index (χ3v) is 7.66. The Kier molecular flexibility index (Phi) is 5.33. The van der Waals surface area contributed by atoms with E-state index in [2.05, 4.69) is 9.98 Å². The van der Waals surface area contributed by atoms with E-state index in [1.165, 1.54) is 24.3 Å². The van der Waals surface area contributed by atoms with E-state index in [-0.39, 0.29) is 21.8 Å². The Morgan fingerprint density at radius 1 is 0.765 bits per heavy atom. The molecule has 0 bridgehead atoms. The lowest BCUT2D eigenvalue weighted by Gasteiger charge is -2.31. The summed E-state index contributed by atoms with van der Waals surface area (Å²) in [6.07, 6.45) is 9.22. The van der Waals surface area contributed by atoms with Crippen LogP contribution in [0.15, 0.2) is 87.7 Å². The van der Waals surface area contributed by atoms with Crippen molar-refractivity contribution in [2.75, 3.05) is 0 Å². The van der Waals surface area contributed by atoms with Gasteiger partial charge < -0.3 is 0 Å². The number of aliphatic imine (C=N–C) groups is 1. The number of dihydropyridines is 1. The quantitative estimate of drug-likeness (QED) is 0.522. The molecule has 34 heavy (non-hydrogen) atoms. The van der Waals surface area contributed by atoms with E-state index in [1.807, 2.05) is 24.3 Å². The fraction of sp³-hybridized carbons (Fsp3) is 0.0833. The van der Waals surface area contributed by atoms with Crippen molar-refractivity contribution < 1.29 is 25.9 Å². The molecule has 2 heterocycles. The molecule has 172 valence electrons. The fourth-order valence-corrected chi connectivity index (χ4v) is 5.27. The molecule has 0 fully saturated rings. The van der Waals surface area contributed by atoms with E-state index in [0.29, 0.717) is 0 Å². The van der Waals surface area contributed by atoms with Gasteiger partial charge in [-0.2, -0.15) is 16.8 Å². The van der Waals surface area contributed by atoms with Crippen molar-refractivity contribution >= 4 is 38.1 Å². The third kappa shape index (κ3) is 4.01. The lowest BCUT2D eigenvalue weighted by molar-refractivity contribution is 0.481. The van der Waals surface area contributed by atoms with Crippen LogP contribution in [0.2, 0.25) is 0 Å². The Labute approximate surface area is 196 Å². The summed E-state index contributed by atoms with van der Waals surface area (Å²) in [5.41, 5.74) is 4.99. The van der Waals surface area contributed by atoms with Gasteiger partial charge in [0.1, 0.15) is 6.04 Å². The molecular formula is C24H18N2O6S2. The molecule has 1 aliphatic heterocycles. The summed E-state index contributed by atoms with van der Waals surface area (Å²) in [6.45, 7) is 0. The summed E-state index contributed by atoms with van der Waals surface area (Å²) >= 11 is 0. The number of pyridine rings is 1. The van der Waals surface area contributed by atoms with Gasteiger partial charge in [0.15, 0.2) is 0 Å². The van der Waals surface area contributed by atoms with Gasteiger partial charge in [0.2, 0.25) is 0 Å². The fourth-order valence-electron chi connectivity index (χ4n) is 4.31. The Morgan fingerprint density at radius 2 is 1.35 bits per heavy atom. The molecule has 2 aromatic carbocycles. The minimum absolute atomic E-state index is 0.126.